The van der Waals surface area contributed by atoms with Crippen LogP contribution in [0.15, 0.2) is 18.2 Å². The Morgan fingerprint density at radius 2 is 2.13 bits per heavy atom. The Balaban J connectivity index is 0.00000196. The van der Waals surface area contributed by atoms with Crippen molar-refractivity contribution < 1.29 is 9.13 Å². The molecule has 0 unspecified atom stereocenters. The van der Waals surface area contributed by atoms with Gasteiger partial charge in [0.2, 0.25) is 0 Å². The zero-order valence-corrected chi connectivity index (χ0v) is 9.81. The van der Waals surface area contributed by atoms with E-state index < -0.39 is 0 Å². The average molecular weight is 234 g/mol. The van der Waals surface area contributed by atoms with Crippen molar-refractivity contribution in [1.82, 2.24) is 0 Å². The maximum Gasteiger partial charge on any atom is 0.131 e. The molecule has 1 rings (SSSR count). The number of hydrogen-bond acceptors (Lipinski definition) is 2. The number of nitrogens with two attached hydrogens (primary N) is 1. The zero-order valence-electron chi connectivity index (χ0n) is 9.00. The van der Waals surface area contributed by atoms with Gasteiger partial charge in [-0.2, -0.15) is 0 Å². The number of methoxy groups -OCH3 is 1. The summed E-state index contributed by atoms with van der Waals surface area (Å²) in [5.41, 5.74) is 6.35. The number of ether oxygens (including phenoxy) is 1. The predicted octanol–water partition coefficient (Wildman–Crippen LogP) is 3.06. The van der Waals surface area contributed by atoms with Crippen molar-refractivity contribution >= 4 is 12.4 Å². The van der Waals surface area contributed by atoms with Crippen molar-refractivity contribution in [3.05, 3.63) is 29.6 Å². The summed E-state index contributed by atoms with van der Waals surface area (Å²) in [4.78, 5) is 0. The van der Waals surface area contributed by atoms with Crippen molar-refractivity contribution in [2.24, 2.45) is 5.73 Å². The lowest BCUT2D eigenvalue weighted by atomic mass is 10.0. The second-order valence-electron chi connectivity index (χ2n) is 3.25. The lowest BCUT2D eigenvalue weighted by Gasteiger charge is -2.15. The molecule has 0 aromatic heterocycles. The van der Waals surface area contributed by atoms with E-state index in [1.807, 2.05) is 6.92 Å². The minimum absolute atomic E-state index is 0. The highest BCUT2D eigenvalue weighted by molar-refractivity contribution is 5.85. The van der Waals surface area contributed by atoms with Gasteiger partial charge in [0.15, 0.2) is 0 Å². The van der Waals surface area contributed by atoms with E-state index in [0.717, 1.165) is 12.8 Å². The molecule has 2 N–H and O–H groups in total. The highest BCUT2D eigenvalue weighted by Gasteiger charge is 2.15. The first kappa shape index (κ1) is 14.2. The molecule has 0 saturated heterocycles. The molecule has 0 aliphatic carbocycles. The van der Waals surface area contributed by atoms with E-state index in [2.05, 4.69) is 0 Å². The van der Waals surface area contributed by atoms with Gasteiger partial charge in [0.25, 0.3) is 0 Å². The highest BCUT2D eigenvalue weighted by atomic mass is 35.5. The van der Waals surface area contributed by atoms with E-state index >= 15 is 0 Å². The van der Waals surface area contributed by atoms with Crippen LogP contribution in [0.1, 0.15) is 31.4 Å². The van der Waals surface area contributed by atoms with Crippen LogP contribution in [-0.4, -0.2) is 7.11 Å². The fourth-order valence-electron chi connectivity index (χ4n) is 1.51. The van der Waals surface area contributed by atoms with E-state index in [0.29, 0.717) is 11.3 Å². The first-order chi connectivity index (χ1) is 6.70. The zero-order chi connectivity index (χ0) is 10.6. The lowest BCUT2D eigenvalue weighted by molar-refractivity contribution is 0.397. The first-order valence-electron chi connectivity index (χ1n) is 4.78. The Kier molecular flexibility index (Phi) is 6.29. The molecule has 86 valence electrons. The van der Waals surface area contributed by atoms with Gasteiger partial charge in [-0.1, -0.05) is 19.4 Å². The van der Waals surface area contributed by atoms with E-state index in [1.165, 1.54) is 13.2 Å². The Morgan fingerprint density at radius 3 is 2.67 bits per heavy atom. The van der Waals surface area contributed by atoms with Crippen LogP contribution in [-0.2, 0) is 0 Å². The Bertz CT molecular complexity index is 307. The molecule has 0 aliphatic rings. The maximum atomic E-state index is 13.5. The van der Waals surface area contributed by atoms with Gasteiger partial charge in [-0.3, -0.25) is 0 Å². The molecule has 0 saturated carbocycles. The molecule has 0 bridgehead atoms. The van der Waals surface area contributed by atoms with Crippen molar-refractivity contribution in [1.29, 1.82) is 0 Å². The number of rotatable bonds is 4. The number of hydrogen-bond donors (Lipinski definition) is 1. The molecule has 15 heavy (non-hydrogen) atoms. The SMILES string of the molecule is CCC[C@@H](N)c1c(F)cccc1OC.Cl. The summed E-state index contributed by atoms with van der Waals surface area (Å²) in [7, 11) is 1.52. The van der Waals surface area contributed by atoms with Crippen LogP contribution in [0.25, 0.3) is 0 Å². The van der Waals surface area contributed by atoms with E-state index in [1.54, 1.807) is 12.1 Å². The summed E-state index contributed by atoms with van der Waals surface area (Å²) in [5, 5.41) is 0. The molecule has 0 amide bonds. The molecule has 0 spiro atoms. The molecular formula is C11H17ClFNO. The van der Waals surface area contributed by atoms with Gasteiger partial charge in [0.1, 0.15) is 11.6 Å². The number of halogens is 2. The second-order valence-corrected chi connectivity index (χ2v) is 3.25. The summed E-state index contributed by atoms with van der Waals surface area (Å²) in [6, 6.07) is 4.48. The van der Waals surface area contributed by atoms with Crippen LogP contribution in [0, 0.1) is 5.82 Å². The summed E-state index contributed by atoms with van der Waals surface area (Å²) in [6.07, 6.45) is 1.69. The third-order valence-electron chi connectivity index (χ3n) is 2.20. The minimum atomic E-state index is -0.287. The molecule has 0 radical (unpaired) electrons. The minimum Gasteiger partial charge on any atom is -0.496 e. The molecule has 1 aromatic rings. The Labute approximate surface area is 96.0 Å². The first-order valence-corrected chi connectivity index (χ1v) is 4.78. The highest BCUT2D eigenvalue weighted by Crippen LogP contribution is 2.28. The Hall–Kier alpha value is -0.800. The third-order valence-corrected chi connectivity index (χ3v) is 2.20. The summed E-state index contributed by atoms with van der Waals surface area (Å²) in [6.45, 7) is 2.02. The molecule has 4 heteroatoms. The summed E-state index contributed by atoms with van der Waals surface area (Å²) < 4.78 is 18.5. The van der Waals surface area contributed by atoms with Crippen LogP contribution in [0.5, 0.6) is 5.75 Å². The van der Waals surface area contributed by atoms with E-state index in [4.69, 9.17) is 10.5 Å². The maximum absolute atomic E-state index is 13.5. The molecule has 0 heterocycles. The Morgan fingerprint density at radius 1 is 1.47 bits per heavy atom. The van der Waals surface area contributed by atoms with Crippen LogP contribution in [0.3, 0.4) is 0 Å². The van der Waals surface area contributed by atoms with Gasteiger partial charge in [0, 0.05) is 11.6 Å². The summed E-state index contributed by atoms with van der Waals surface area (Å²) in [5.74, 6) is 0.247. The van der Waals surface area contributed by atoms with Gasteiger partial charge in [-0.05, 0) is 18.6 Å². The fourth-order valence-corrected chi connectivity index (χ4v) is 1.51. The van der Waals surface area contributed by atoms with Crippen molar-refractivity contribution in [3.8, 4) is 5.75 Å². The quantitative estimate of drug-likeness (QED) is 0.868. The molecule has 1 atom stereocenters. The lowest BCUT2D eigenvalue weighted by Crippen LogP contribution is -2.13. The molecule has 2 nitrogen and oxygen atoms in total. The standard InChI is InChI=1S/C11H16FNO.ClH/c1-3-5-9(13)11-8(12)6-4-7-10(11)14-2;/h4,6-7,9H,3,5,13H2,1-2H3;1H/t9-;/m1./s1. The molecule has 1 aromatic carbocycles. The van der Waals surface area contributed by atoms with Gasteiger partial charge in [-0.15, -0.1) is 12.4 Å². The van der Waals surface area contributed by atoms with E-state index in [-0.39, 0.29) is 24.3 Å². The van der Waals surface area contributed by atoms with Crippen molar-refractivity contribution in [2.75, 3.05) is 7.11 Å². The van der Waals surface area contributed by atoms with Crippen LogP contribution >= 0.6 is 12.4 Å². The topological polar surface area (TPSA) is 35.2 Å². The van der Waals surface area contributed by atoms with Gasteiger partial charge < -0.3 is 10.5 Å². The smallest absolute Gasteiger partial charge is 0.131 e. The third kappa shape index (κ3) is 3.36. The van der Waals surface area contributed by atoms with Crippen LogP contribution < -0.4 is 10.5 Å². The van der Waals surface area contributed by atoms with Gasteiger partial charge in [0.05, 0.1) is 7.11 Å². The molecule has 0 fully saturated rings. The largest absolute Gasteiger partial charge is 0.496 e. The molecular weight excluding hydrogens is 217 g/mol. The average Bonchev–Trinajstić information content (AvgIpc) is 2.17. The monoisotopic (exact) mass is 233 g/mol. The van der Waals surface area contributed by atoms with Crippen LogP contribution in [0.4, 0.5) is 4.39 Å². The molecule has 0 aliphatic heterocycles. The summed E-state index contributed by atoms with van der Waals surface area (Å²) >= 11 is 0. The predicted molar refractivity (Wildman–Crippen MR) is 62.0 cm³/mol. The van der Waals surface area contributed by atoms with E-state index in [9.17, 15) is 4.39 Å². The van der Waals surface area contributed by atoms with Crippen molar-refractivity contribution in [2.45, 2.75) is 25.8 Å². The number of benzene rings is 1. The van der Waals surface area contributed by atoms with Gasteiger partial charge >= 0.3 is 0 Å². The van der Waals surface area contributed by atoms with Crippen LogP contribution in [0.2, 0.25) is 0 Å². The second kappa shape index (κ2) is 6.64. The normalized spacial score (nSPS) is 11.7. The fraction of sp³-hybridized carbons (Fsp3) is 0.455. The van der Waals surface area contributed by atoms with Crippen molar-refractivity contribution in [3.63, 3.8) is 0 Å². The van der Waals surface area contributed by atoms with Gasteiger partial charge in [-0.25, -0.2) is 4.39 Å².